The number of hydroxylamine groups is 1. The molecule has 0 aliphatic heterocycles. The van der Waals surface area contributed by atoms with Gasteiger partial charge in [0, 0.05) is 13.1 Å². The molecule has 0 spiro atoms. The summed E-state index contributed by atoms with van der Waals surface area (Å²) >= 11 is 0. The molecule has 0 fully saturated rings. The van der Waals surface area contributed by atoms with Gasteiger partial charge in [-0.2, -0.15) is 0 Å². The van der Waals surface area contributed by atoms with Gasteiger partial charge in [0.05, 0.1) is 6.61 Å². The summed E-state index contributed by atoms with van der Waals surface area (Å²) in [7, 11) is 0. The molecular formula is C12H20N2O. The Morgan fingerprint density at radius 2 is 1.93 bits per heavy atom. The van der Waals surface area contributed by atoms with E-state index in [4.69, 9.17) is 4.84 Å². The Morgan fingerprint density at radius 3 is 2.53 bits per heavy atom. The highest BCUT2D eigenvalue weighted by atomic mass is 16.7. The Morgan fingerprint density at radius 1 is 1.20 bits per heavy atom. The van der Waals surface area contributed by atoms with Crippen LogP contribution in [0.4, 0.5) is 0 Å². The SMILES string of the molecule is CCCN(NCC)OCc1ccccc1. The predicted molar refractivity (Wildman–Crippen MR) is 61.9 cm³/mol. The van der Waals surface area contributed by atoms with Crippen LogP contribution in [0.2, 0.25) is 0 Å². The van der Waals surface area contributed by atoms with Crippen LogP contribution in [-0.4, -0.2) is 18.3 Å². The minimum Gasteiger partial charge on any atom is -0.279 e. The second kappa shape index (κ2) is 7.40. The zero-order valence-corrected chi connectivity index (χ0v) is 9.57. The Balaban J connectivity index is 2.33. The molecule has 1 aromatic carbocycles. The smallest absolute Gasteiger partial charge is 0.0952 e. The van der Waals surface area contributed by atoms with Crippen LogP contribution in [0.5, 0.6) is 0 Å². The van der Waals surface area contributed by atoms with Crippen LogP contribution in [0.15, 0.2) is 30.3 Å². The molecule has 0 aliphatic carbocycles. The fraction of sp³-hybridized carbons (Fsp3) is 0.500. The lowest BCUT2D eigenvalue weighted by molar-refractivity contribution is -0.204. The van der Waals surface area contributed by atoms with Crippen molar-refractivity contribution in [3.63, 3.8) is 0 Å². The van der Waals surface area contributed by atoms with E-state index in [-0.39, 0.29) is 0 Å². The molecule has 1 N–H and O–H groups in total. The lowest BCUT2D eigenvalue weighted by atomic mass is 10.2. The molecule has 0 saturated carbocycles. The highest BCUT2D eigenvalue weighted by molar-refractivity contribution is 5.13. The van der Waals surface area contributed by atoms with E-state index in [9.17, 15) is 0 Å². The third-order valence-corrected chi connectivity index (χ3v) is 1.99. The van der Waals surface area contributed by atoms with E-state index < -0.39 is 0 Å². The highest BCUT2D eigenvalue weighted by Gasteiger charge is 2.01. The van der Waals surface area contributed by atoms with Crippen LogP contribution >= 0.6 is 0 Å². The van der Waals surface area contributed by atoms with Gasteiger partial charge >= 0.3 is 0 Å². The fourth-order valence-electron chi connectivity index (χ4n) is 1.30. The van der Waals surface area contributed by atoms with Crippen LogP contribution in [0.25, 0.3) is 0 Å². The summed E-state index contributed by atoms with van der Waals surface area (Å²) < 4.78 is 0. The van der Waals surface area contributed by atoms with Crippen LogP contribution in [0, 0.1) is 0 Å². The van der Waals surface area contributed by atoms with Gasteiger partial charge in [-0.15, -0.1) is 5.17 Å². The van der Waals surface area contributed by atoms with Crippen molar-refractivity contribution in [1.82, 2.24) is 10.6 Å². The van der Waals surface area contributed by atoms with Crippen LogP contribution in [0.3, 0.4) is 0 Å². The summed E-state index contributed by atoms with van der Waals surface area (Å²) in [6, 6.07) is 10.2. The second-order valence-electron chi connectivity index (χ2n) is 3.37. The number of nitrogens with one attached hydrogen (secondary N) is 1. The van der Waals surface area contributed by atoms with E-state index in [0.717, 1.165) is 19.5 Å². The van der Waals surface area contributed by atoms with E-state index in [2.05, 4.69) is 31.4 Å². The van der Waals surface area contributed by atoms with E-state index >= 15 is 0 Å². The third kappa shape index (κ3) is 4.93. The number of hydrazine groups is 1. The Kier molecular flexibility index (Phi) is 6.00. The molecule has 84 valence electrons. The van der Waals surface area contributed by atoms with Crippen molar-refractivity contribution in [2.45, 2.75) is 26.9 Å². The summed E-state index contributed by atoms with van der Waals surface area (Å²) in [5.41, 5.74) is 4.36. The summed E-state index contributed by atoms with van der Waals surface area (Å²) in [4.78, 5) is 5.63. The van der Waals surface area contributed by atoms with Gasteiger partial charge in [0.15, 0.2) is 0 Å². The first kappa shape index (κ1) is 12.2. The first-order chi connectivity index (χ1) is 7.36. The molecular weight excluding hydrogens is 188 g/mol. The van der Waals surface area contributed by atoms with Crippen molar-refractivity contribution < 1.29 is 4.84 Å². The lowest BCUT2D eigenvalue weighted by Gasteiger charge is -2.21. The normalized spacial score (nSPS) is 10.9. The monoisotopic (exact) mass is 208 g/mol. The molecule has 0 aromatic heterocycles. The average molecular weight is 208 g/mol. The van der Waals surface area contributed by atoms with Crippen molar-refractivity contribution >= 4 is 0 Å². The topological polar surface area (TPSA) is 24.5 Å². The Bertz CT molecular complexity index is 245. The van der Waals surface area contributed by atoms with Gasteiger partial charge in [0.1, 0.15) is 0 Å². The second-order valence-corrected chi connectivity index (χ2v) is 3.37. The molecule has 0 aliphatic rings. The zero-order chi connectivity index (χ0) is 10.9. The number of hydrogen-bond acceptors (Lipinski definition) is 3. The van der Waals surface area contributed by atoms with Gasteiger partial charge in [-0.1, -0.05) is 44.2 Å². The molecule has 1 aromatic rings. The molecule has 0 saturated heterocycles. The first-order valence-electron chi connectivity index (χ1n) is 5.54. The zero-order valence-electron chi connectivity index (χ0n) is 9.57. The average Bonchev–Trinajstić information content (AvgIpc) is 2.28. The van der Waals surface area contributed by atoms with Crippen molar-refractivity contribution in [1.29, 1.82) is 0 Å². The van der Waals surface area contributed by atoms with Crippen molar-refractivity contribution in [2.75, 3.05) is 13.1 Å². The maximum atomic E-state index is 5.63. The standard InChI is InChI=1S/C12H20N2O/c1-3-10-14(13-4-2)15-11-12-8-6-5-7-9-12/h5-9,13H,3-4,10-11H2,1-2H3. The van der Waals surface area contributed by atoms with Gasteiger partial charge in [0.25, 0.3) is 0 Å². The van der Waals surface area contributed by atoms with E-state index in [1.807, 2.05) is 23.4 Å². The number of rotatable bonds is 7. The van der Waals surface area contributed by atoms with Gasteiger partial charge in [-0.05, 0) is 12.0 Å². The molecule has 0 atom stereocenters. The first-order valence-corrected chi connectivity index (χ1v) is 5.54. The largest absolute Gasteiger partial charge is 0.279 e. The van der Waals surface area contributed by atoms with Crippen molar-refractivity contribution in [2.24, 2.45) is 0 Å². The summed E-state index contributed by atoms with van der Waals surface area (Å²) in [6.07, 6.45) is 1.07. The summed E-state index contributed by atoms with van der Waals surface area (Å²) in [5.74, 6) is 0. The number of nitrogens with zero attached hydrogens (tertiary/aromatic N) is 1. The highest BCUT2D eigenvalue weighted by Crippen LogP contribution is 2.01. The van der Waals surface area contributed by atoms with Crippen molar-refractivity contribution in [3.05, 3.63) is 35.9 Å². The van der Waals surface area contributed by atoms with Crippen LogP contribution < -0.4 is 5.43 Å². The number of hydrogen-bond donors (Lipinski definition) is 1. The summed E-state index contributed by atoms with van der Waals surface area (Å²) in [6.45, 7) is 6.61. The maximum Gasteiger partial charge on any atom is 0.0952 e. The minimum atomic E-state index is 0.619. The maximum absolute atomic E-state index is 5.63. The molecule has 15 heavy (non-hydrogen) atoms. The molecule has 3 nitrogen and oxygen atoms in total. The predicted octanol–water partition coefficient (Wildman–Crippen LogP) is 2.35. The lowest BCUT2D eigenvalue weighted by Crippen LogP contribution is -2.38. The Labute approximate surface area is 92.0 Å². The fourth-order valence-corrected chi connectivity index (χ4v) is 1.30. The molecule has 0 heterocycles. The summed E-state index contributed by atoms with van der Waals surface area (Å²) in [5, 5.41) is 1.81. The van der Waals surface area contributed by atoms with Gasteiger partial charge in [-0.25, -0.2) is 5.43 Å². The van der Waals surface area contributed by atoms with E-state index in [1.165, 1.54) is 5.56 Å². The van der Waals surface area contributed by atoms with Gasteiger partial charge in [-0.3, -0.25) is 4.84 Å². The molecule has 0 bridgehead atoms. The van der Waals surface area contributed by atoms with Crippen LogP contribution in [0.1, 0.15) is 25.8 Å². The van der Waals surface area contributed by atoms with Crippen molar-refractivity contribution in [3.8, 4) is 0 Å². The molecule has 0 unspecified atom stereocenters. The van der Waals surface area contributed by atoms with Gasteiger partial charge < -0.3 is 0 Å². The molecule has 1 rings (SSSR count). The van der Waals surface area contributed by atoms with E-state index in [1.54, 1.807) is 0 Å². The van der Waals surface area contributed by atoms with Crippen LogP contribution in [-0.2, 0) is 11.4 Å². The number of benzene rings is 1. The van der Waals surface area contributed by atoms with E-state index in [0.29, 0.717) is 6.61 Å². The third-order valence-electron chi connectivity index (χ3n) is 1.99. The Hall–Kier alpha value is -0.900. The van der Waals surface area contributed by atoms with Gasteiger partial charge in [0.2, 0.25) is 0 Å². The molecule has 0 amide bonds. The molecule has 0 radical (unpaired) electrons. The molecule has 3 heteroatoms. The minimum absolute atomic E-state index is 0.619. The quantitative estimate of drug-likeness (QED) is 0.696.